The van der Waals surface area contributed by atoms with Gasteiger partial charge in [-0.25, -0.2) is 0 Å². The van der Waals surface area contributed by atoms with E-state index in [1.165, 1.54) is 41.5 Å². The largest absolute Gasteiger partial charge is 0.363 e. The molecule has 2 atom stereocenters. The Morgan fingerprint density at radius 1 is 1.14 bits per heavy atom. The van der Waals surface area contributed by atoms with E-state index in [0.717, 1.165) is 30.0 Å². The van der Waals surface area contributed by atoms with Crippen LogP contribution in [0, 0.1) is 5.92 Å². The molecule has 0 spiro atoms. The fourth-order valence-corrected chi connectivity index (χ4v) is 3.96. The molecule has 0 aromatic heterocycles. The van der Waals surface area contributed by atoms with Crippen LogP contribution < -0.4 is 5.32 Å². The van der Waals surface area contributed by atoms with E-state index in [0.29, 0.717) is 5.92 Å². The molecule has 1 N–H and O–H groups in total. The highest BCUT2D eigenvalue weighted by molar-refractivity contribution is 5.86. The van der Waals surface area contributed by atoms with Gasteiger partial charge < -0.3 is 5.32 Å². The monoisotopic (exact) mass is 384 g/mol. The van der Waals surface area contributed by atoms with Crippen molar-refractivity contribution in [3.63, 3.8) is 0 Å². The molecule has 0 amide bonds. The number of nitrogens with zero attached hydrogens (tertiary/aromatic N) is 1. The Balaban J connectivity index is 1.65. The van der Waals surface area contributed by atoms with Crippen molar-refractivity contribution in [2.45, 2.75) is 58.0 Å². The third-order valence-electron chi connectivity index (χ3n) is 5.94. The predicted molar refractivity (Wildman–Crippen MR) is 127 cm³/mol. The van der Waals surface area contributed by atoms with E-state index in [4.69, 9.17) is 4.99 Å². The first-order chi connectivity index (χ1) is 14.1. The van der Waals surface area contributed by atoms with E-state index in [1.807, 2.05) is 0 Å². The molecule has 2 aliphatic rings. The Labute approximate surface area is 175 Å². The molecule has 2 aromatic carbocycles. The summed E-state index contributed by atoms with van der Waals surface area (Å²) in [5.41, 5.74) is 7.25. The summed E-state index contributed by atoms with van der Waals surface area (Å²) in [4.78, 5) is 4.73. The van der Waals surface area contributed by atoms with Crippen LogP contribution in [0.1, 0.15) is 74.1 Å². The van der Waals surface area contributed by atoms with Gasteiger partial charge in [0.1, 0.15) is 6.17 Å². The van der Waals surface area contributed by atoms with Crippen molar-refractivity contribution in [3.8, 4) is 0 Å². The molecule has 1 saturated carbocycles. The van der Waals surface area contributed by atoms with Crippen molar-refractivity contribution in [1.29, 1.82) is 0 Å². The second kappa shape index (κ2) is 8.82. The van der Waals surface area contributed by atoms with Gasteiger partial charge in [-0.1, -0.05) is 69.0 Å². The van der Waals surface area contributed by atoms with Gasteiger partial charge in [-0.15, -0.1) is 0 Å². The third kappa shape index (κ3) is 4.87. The maximum absolute atomic E-state index is 4.73. The molecule has 4 rings (SSSR count). The first-order valence-electron chi connectivity index (χ1n) is 11.0. The molecule has 0 radical (unpaired) electrons. The number of hydrogen-bond acceptors (Lipinski definition) is 2. The minimum atomic E-state index is 0.140. The fourth-order valence-electron chi connectivity index (χ4n) is 3.96. The maximum atomic E-state index is 4.73. The van der Waals surface area contributed by atoms with Crippen LogP contribution in [0.2, 0.25) is 0 Å². The molecule has 1 heterocycles. The van der Waals surface area contributed by atoms with E-state index < -0.39 is 0 Å². The normalized spacial score (nSPS) is 21.4. The van der Waals surface area contributed by atoms with Gasteiger partial charge in [0.05, 0.1) is 0 Å². The van der Waals surface area contributed by atoms with E-state index in [-0.39, 0.29) is 6.17 Å². The molecule has 150 valence electrons. The van der Waals surface area contributed by atoms with Crippen LogP contribution >= 0.6 is 0 Å². The molecule has 2 aromatic rings. The van der Waals surface area contributed by atoms with Crippen molar-refractivity contribution in [1.82, 2.24) is 0 Å². The van der Waals surface area contributed by atoms with Crippen LogP contribution in [0.15, 0.2) is 60.1 Å². The number of anilines is 1. The van der Waals surface area contributed by atoms with Gasteiger partial charge >= 0.3 is 0 Å². The van der Waals surface area contributed by atoms with Crippen LogP contribution in [0.25, 0.3) is 11.6 Å². The second-order valence-corrected chi connectivity index (χ2v) is 8.51. The summed E-state index contributed by atoms with van der Waals surface area (Å²) in [7, 11) is 0. The van der Waals surface area contributed by atoms with E-state index >= 15 is 0 Å². The molecule has 1 aliphatic heterocycles. The molecular formula is C27H32N2. The lowest BCUT2D eigenvalue weighted by molar-refractivity contribution is 0.550. The summed E-state index contributed by atoms with van der Waals surface area (Å²) in [6, 6.07) is 15.6. The van der Waals surface area contributed by atoms with Gasteiger partial charge in [0.15, 0.2) is 0 Å². The van der Waals surface area contributed by atoms with Crippen molar-refractivity contribution in [2.75, 3.05) is 5.32 Å². The summed E-state index contributed by atoms with van der Waals surface area (Å²) in [6.07, 6.45) is 12.5. The summed E-state index contributed by atoms with van der Waals surface area (Å²) in [6.45, 7) is 8.87. The molecule has 0 bridgehead atoms. The van der Waals surface area contributed by atoms with Crippen LogP contribution in [0.3, 0.4) is 0 Å². The zero-order valence-corrected chi connectivity index (χ0v) is 17.7. The zero-order chi connectivity index (χ0) is 20.2. The lowest BCUT2D eigenvalue weighted by Gasteiger charge is -2.24. The fraction of sp³-hybridized carbons (Fsp3) is 0.370. The lowest BCUT2D eigenvalue weighted by Crippen LogP contribution is -2.23. The molecule has 2 heteroatoms. The maximum Gasteiger partial charge on any atom is 0.118 e. The Bertz CT molecular complexity index is 933. The quantitative estimate of drug-likeness (QED) is 0.532. The van der Waals surface area contributed by atoms with E-state index in [1.54, 1.807) is 0 Å². The average molecular weight is 385 g/mol. The zero-order valence-electron chi connectivity index (χ0n) is 17.7. The third-order valence-corrected chi connectivity index (χ3v) is 5.94. The molecule has 2 unspecified atom stereocenters. The van der Waals surface area contributed by atoms with Gasteiger partial charge in [0.25, 0.3) is 0 Å². The molecule has 0 saturated heterocycles. The minimum Gasteiger partial charge on any atom is -0.363 e. The molecule has 1 aliphatic carbocycles. The summed E-state index contributed by atoms with van der Waals surface area (Å²) >= 11 is 0. The molecule has 2 nitrogen and oxygen atoms in total. The van der Waals surface area contributed by atoms with Gasteiger partial charge in [-0.2, -0.15) is 0 Å². The molecular weight excluding hydrogens is 352 g/mol. The number of allylic oxidation sites excluding steroid dienone is 1. The van der Waals surface area contributed by atoms with Gasteiger partial charge in [-0.3, -0.25) is 4.99 Å². The number of benzene rings is 2. The lowest BCUT2D eigenvalue weighted by atomic mass is 9.94. The Hall–Kier alpha value is -2.61. The SMILES string of the molecule is C=C(c1cccc(C2CC2)c1)c1ccc(/C=C/CC)cc1NC1CCC(C)C=N1. The van der Waals surface area contributed by atoms with Gasteiger partial charge in [0, 0.05) is 17.5 Å². The smallest absolute Gasteiger partial charge is 0.118 e. The number of aliphatic imine (C=N–C) groups is 1. The van der Waals surface area contributed by atoms with Crippen molar-refractivity contribution < 1.29 is 0 Å². The minimum absolute atomic E-state index is 0.140. The predicted octanol–water partition coefficient (Wildman–Crippen LogP) is 7.29. The highest BCUT2D eigenvalue weighted by atomic mass is 15.1. The second-order valence-electron chi connectivity index (χ2n) is 8.51. The first kappa shape index (κ1) is 19.7. The van der Waals surface area contributed by atoms with Crippen LogP contribution in [-0.4, -0.2) is 12.4 Å². The van der Waals surface area contributed by atoms with E-state index in [2.05, 4.69) is 86.6 Å². The van der Waals surface area contributed by atoms with Gasteiger partial charge in [0.2, 0.25) is 0 Å². The molecule has 1 fully saturated rings. The number of rotatable bonds is 7. The summed E-state index contributed by atoms with van der Waals surface area (Å²) < 4.78 is 0. The van der Waals surface area contributed by atoms with E-state index in [9.17, 15) is 0 Å². The first-order valence-corrected chi connectivity index (χ1v) is 11.0. The molecule has 29 heavy (non-hydrogen) atoms. The van der Waals surface area contributed by atoms with Crippen LogP contribution in [-0.2, 0) is 0 Å². The average Bonchev–Trinajstić information content (AvgIpc) is 3.59. The Morgan fingerprint density at radius 2 is 2.00 bits per heavy atom. The standard InChI is InChI=1S/C27H32N2/c1-4-5-7-21-11-14-25(26(16-21)29-27-15-10-19(2)18-28-27)20(3)23-8-6-9-24(17-23)22-12-13-22/h5-9,11,14,16-19,22,27,29H,3-4,10,12-13,15H2,1-2H3/b7-5+. The highest BCUT2D eigenvalue weighted by Gasteiger charge is 2.24. The topological polar surface area (TPSA) is 24.4 Å². The van der Waals surface area contributed by atoms with Gasteiger partial charge in [-0.05, 0) is 72.3 Å². The Kier molecular flexibility index (Phi) is 5.99. The van der Waals surface area contributed by atoms with Crippen molar-refractivity contribution >= 4 is 23.6 Å². The van der Waals surface area contributed by atoms with Crippen LogP contribution in [0.4, 0.5) is 5.69 Å². The highest BCUT2D eigenvalue weighted by Crippen LogP contribution is 2.41. The van der Waals surface area contributed by atoms with Crippen molar-refractivity contribution in [2.24, 2.45) is 10.9 Å². The van der Waals surface area contributed by atoms with Crippen LogP contribution in [0.5, 0.6) is 0 Å². The number of nitrogens with one attached hydrogen (secondary N) is 1. The number of hydrogen-bond donors (Lipinski definition) is 1. The van der Waals surface area contributed by atoms with Crippen molar-refractivity contribution in [3.05, 3.63) is 77.4 Å². The summed E-state index contributed by atoms with van der Waals surface area (Å²) in [5, 5.41) is 3.69. The summed E-state index contributed by atoms with van der Waals surface area (Å²) in [5.74, 6) is 1.33. The Morgan fingerprint density at radius 3 is 2.72 bits per heavy atom.